The van der Waals surface area contributed by atoms with Crippen LogP contribution in [0.2, 0.25) is 0 Å². The smallest absolute Gasteiger partial charge is 0.303 e. The molecule has 0 unspecified atom stereocenters. The Morgan fingerprint density at radius 3 is 2.15 bits per heavy atom. The molecule has 3 nitrogen and oxygen atoms in total. The third-order valence-corrected chi connectivity index (χ3v) is 2.43. The molecule has 0 aromatic rings. The lowest BCUT2D eigenvalue weighted by Crippen LogP contribution is -2.23. The van der Waals surface area contributed by atoms with Gasteiger partial charge in [-0.15, -0.1) is 0 Å². The van der Waals surface area contributed by atoms with Gasteiger partial charge in [-0.2, -0.15) is 0 Å². The number of carboxylic acid groups (broad SMARTS) is 1. The zero-order valence-corrected chi connectivity index (χ0v) is 8.59. The minimum atomic E-state index is -0.831. The van der Waals surface area contributed by atoms with Crippen LogP contribution >= 0.6 is 0 Å². The number of carboxylic acids is 1. The Morgan fingerprint density at radius 1 is 1.23 bits per heavy atom. The first kappa shape index (κ1) is 12.1. The zero-order valence-electron chi connectivity index (χ0n) is 8.59. The standard InChI is InChI=1S/C10H18O3/c1-4-10(2,3)8(11)6-5-7-9(12)13/h4-7H2,1-3H3,(H,12,13). The molecule has 0 aliphatic heterocycles. The molecule has 0 bridgehead atoms. The maximum absolute atomic E-state index is 11.5. The van der Waals surface area contributed by atoms with E-state index >= 15 is 0 Å². The van der Waals surface area contributed by atoms with Gasteiger partial charge in [0.1, 0.15) is 5.78 Å². The number of hydrogen-bond donors (Lipinski definition) is 1. The summed E-state index contributed by atoms with van der Waals surface area (Å²) in [6.45, 7) is 5.77. The number of Topliss-reactive ketones (excluding diaryl/α,β-unsaturated/α-hetero) is 1. The maximum atomic E-state index is 11.5. The number of hydrogen-bond acceptors (Lipinski definition) is 2. The summed E-state index contributed by atoms with van der Waals surface area (Å²) in [6.07, 6.45) is 1.73. The fourth-order valence-electron chi connectivity index (χ4n) is 0.936. The summed E-state index contributed by atoms with van der Waals surface area (Å²) in [7, 11) is 0. The van der Waals surface area contributed by atoms with Gasteiger partial charge in [-0.3, -0.25) is 9.59 Å². The van der Waals surface area contributed by atoms with E-state index < -0.39 is 5.97 Å². The highest BCUT2D eigenvalue weighted by molar-refractivity contribution is 5.84. The monoisotopic (exact) mass is 186 g/mol. The molecule has 0 heterocycles. The lowest BCUT2D eigenvalue weighted by molar-refractivity contribution is -0.137. The molecule has 0 amide bonds. The van der Waals surface area contributed by atoms with Crippen LogP contribution in [0.1, 0.15) is 46.5 Å². The van der Waals surface area contributed by atoms with Crippen molar-refractivity contribution in [2.24, 2.45) is 5.41 Å². The van der Waals surface area contributed by atoms with Gasteiger partial charge in [0, 0.05) is 18.3 Å². The summed E-state index contributed by atoms with van der Waals surface area (Å²) in [5, 5.41) is 8.38. The Bertz CT molecular complexity index is 194. The molecule has 0 radical (unpaired) electrons. The Hall–Kier alpha value is -0.860. The summed E-state index contributed by atoms with van der Waals surface area (Å²) < 4.78 is 0. The van der Waals surface area contributed by atoms with Crippen LogP contribution in [0, 0.1) is 5.41 Å². The zero-order chi connectivity index (χ0) is 10.5. The molecule has 76 valence electrons. The average molecular weight is 186 g/mol. The van der Waals surface area contributed by atoms with Gasteiger partial charge in [0.05, 0.1) is 0 Å². The second kappa shape index (κ2) is 5.00. The Kier molecular flexibility index (Phi) is 4.67. The highest BCUT2D eigenvalue weighted by Crippen LogP contribution is 2.23. The minimum absolute atomic E-state index is 0.0888. The third-order valence-electron chi connectivity index (χ3n) is 2.43. The summed E-state index contributed by atoms with van der Waals surface area (Å²) in [4.78, 5) is 21.7. The molecule has 0 aliphatic rings. The van der Waals surface area contributed by atoms with E-state index in [0.29, 0.717) is 12.8 Å². The van der Waals surface area contributed by atoms with E-state index in [2.05, 4.69) is 0 Å². The quantitative estimate of drug-likeness (QED) is 0.692. The van der Waals surface area contributed by atoms with Crippen molar-refractivity contribution in [2.45, 2.75) is 46.5 Å². The van der Waals surface area contributed by atoms with Crippen molar-refractivity contribution in [1.82, 2.24) is 0 Å². The molecule has 0 saturated heterocycles. The predicted octanol–water partition coefficient (Wildman–Crippen LogP) is 2.25. The van der Waals surface area contributed by atoms with Crippen LogP contribution in [0.3, 0.4) is 0 Å². The molecule has 13 heavy (non-hydrogen) atoms. The summed E-state index contributed by atoms with van der Waals surface area (Å²) >= 11 is 0. The van der Waals surface area contributed by atoms with E-state index in [-0.39, 0.29) is 17.6 Å². The van der Waals surface area contributed by atoms with Gasteiger partial charge in [0.15, 0.2) is 0 Å². The lowest BCUT2D eigenvalue weighted by atomic mass is 9.83. The maximum Gasteiger partial charge on any atom is 0.303 e. The lowest BCUT2D eigenvalue weighted by Gasteiger charge is -2.20. The molecule has 0 fully saturated rings. The van der Waals surface area contributed by atoms with E-state index in [1.54, 1.807) is 0 Å². The first-order valence-corrected chi connectivity index (χ1v) is 4.65. The van der Waals surface area contributed by atoms with Crippen LogP contribution in [-0.2, 0) is 9.59 Å². The third kappa shape index (κ3) is 4.65. The summed E-state index contributed by atoms with van der Waals surface area (Å²) in [6, 6.07) is 0. The largest absolute Gasteiger partial charge is 0.481 e. The van der Waals surface area contributed by atoms with Crippen molar-refractivity contribution < 1.29 is 14.7 Å². The van der Waals surface area contributed by atoms with Gasteiger partial charge in [-0.05, 0) is 12.8 Å². The fourth-order valence-corrected chi connectivity index (χ4v) is 0.936. The minimum Gasteiger partial charge on any atom is -0.481 e. The van der Waals surface area contributed by atoms with Gasteiger partial charge in [-0.25, -0.2) is 0 Å². The highest BCUT2D eigenvalue weighted by Gasteiger charge is 2.24. The van der Waals surface area contributed by atoms with Crippen LogP contribution in [0.25, 0.3) is 0 Å². The van der Waals surface area contributed by atoms with E-state index in [0.717, 1.165) is 6.42 Å². The molecule has 1 N–H and O–H groups in total. The molecule has 0 aromatic carbocycles. The first-order valence-electron chi connectivity index (χ1n) is 4.65. The van der Waals surface area contributed by atoms with Crippen LogP contribution in [-0.4, -0.2) is 16.9 Å². The first-order chi connectivity index (χ1) is 5.90. The number of carbonyl (C=O) groups excluding carboxylic acids is 1. The molecular formula is C10H18O3. The van der Waals surface area contributed by atoms with Gasteiger partial charge in [-0.1, -0.05) is 20.8 Å². The van der Waals surface area contributed by atoms with Crippen molar-refractivity contribution in [3.05, 3.63) is 0 Å². The van der Waals surface area contributed by atoms with Crippen LogP contribution in [0.4, 0.5) is 0 Å². The van der Waals surface area contributed by atoms with Crippen molar-refractivity contribution >= 4 is 11.8 Å². The number of rotatable bonds is 6. The second-order valence-electron chi connectivity index (χ2n) is 3.91. The normalized spacial score (nSPS) is 11.3. The Morgan fingerprint density at radius 2 is 1.77 bits per heavy atom. The number of aliphatic carboxylic acids is 1. The average Bonchev–Trinajstić information content (AvgIpc) is 2.03. The van der Waals surface area contributed by atoms with Crippen LogP contribution in [0.5, 0.6) is 0 Å². The summed E-state index contributed by atoms with van der Waals surface area (Å²) in [5.74, 6) is -0.668. The molecule has 0 aromatic heterocycles. The van der Waals surface area contributed by atoms with Gasteiger partial charge in [0.2, 0.25) is 0 Å². The highest BCUT2D eigenvalue weighted by atomic mass is 16.4. The molecule has 0 spiro atoms. The van der Waals surface area contributed by atoms with Crippen molar-refractivity contribution in [2.75, 3.05) is 0 Å². The van der Waals surface area contributed by atoms with E-state index in [9.17, 15) is 9.59 Å². The second-order valence-corrected chi connectivity index (χ2v) is 3.91. The van der Waals surface area contributed by atoms with E-state index in [1.165, 1.54) is 0 Å². The Balaban J connectivity index is 3.81. The molecule has 0 aliphatic carbocycles. The van der Waals surface area contributed by atoms with E-state index in [4.69, 9.17) is 5.11 Å². The summed E-state index contributed by atoms with van der Waals surface area (Å²) in [5.41, 5.74) is -0.293. The topological polar surface area (TPSA) is 54.4 Å². The molecular weight excluding hydrogens is 168 g/mol. The Labute approximate surface area is 79.1 Å². The molecule has 0 atom stereocenters. The number of carbonyl (C=O) groups is 2. The van der Waals surface area contributed by atoms with Crippen molar-refractivity contribution in [3.8, 4) is 0 Å². The predicted molar refractivity (Wildman–Crippen MR) is 50.6 cm³/mol. The molecule has 0 saturated carbocycles. The van der Waals surface area contributed by atoms with Crippen LogP contribution < -0.4 is 0 Å². The van der Waals surface area contributed by atoms with Gasteiger partial charge >= 0.3 is 5.97 Å². The molecule has 3 heteroatoms. The van der Waals surface area contributed by atoms with Crippen molar-refractivity contribution in [3.63, 3.8) is 0 Å². The van der Waals surface area contributed by atoms with E-state index in [1.807, 2.05) is 20.8 Å². The van der Waals surface area contributed by atoms with Crippen LogP contribution in [0.15, 0.2) is 0 Å². The van der Waals surface area contributed by atoms with Gasteiger partial charge in [0.25, 0.3) is 0 Å². The van der Waals surface area contributed by atoms with Gasteiger partial charge < -0.3 is 5.11 Å². The SMILES string of the molecule is CCC(C)(C)C(=O)CCCC(=O)O. The van der Waals surface area contributed by atoms with Crippen molar-refractivity contribution in [1.29, 1.82) is 0 Å². The fraction of sp³-hybridized carbons (Fsp3) is 0.800. The number of ketones is 1. The molecule has 0 rings (SSSR count).